The van der Waals surface area contributed by atoms with Gasteiger partial charge in [-0.1, -0.05) is 6.07 Å². The molecule has 0 saturated carbocycles. The first-order chi connectivity index (χ1) is 8.19. The fraction of sp³-hybridized carbons (Fsp3) is 0.250. The van der Waals surface area contributed by atoms with Crippen molar-refractivity contribution in [2.75, 3.05) is 7.05 Å². The highest BCUT2D eigenvalue weighted by Crippen LogP contribution is 2.24. The summed E-state index contributed by atoms with van der Waals surface area (Å²) in [4.78, 5) is 0. The lowest BCUT2D eigenvalue weighted by Gasteiger charge is -2.06. The van der Waals surface area contributed by atoms with Gasteiger partial charge in [0.2, 0.25) is 0 Å². The Morgan fingerprint density at radius 3 is 2.88 bits per heavy atom. The van der Waals surface area contributed by atoms with Crippen molar-refractivity contribution in [3.05, 3.63) is 42.0 Å². The van der Waals surface area contributed by atoms with Gasteiger partial charge in [-0.2, -0.15) is 5.10 Å². The molecule has 0 aliphatic carbocycles. The zero-order valence-electron chi connectivity index (χ0n) is 9.77. The molecule has 4 nitrogen and oxygen atoms in total. The lowest BCUT2D eigenvalue weighted by molar-refractivity contribution is 0.441. The predicted molar refractivity (Wildman–Crippen MR) is 62.4 cm³/mol. The van der Waals surface area contributed by atoms with E-state index in [-0.39, 0.29) is 11.6 Å². The Balaban J connectivity index is 2.16. The van der Waals surface area contributed by atoms with E-state index in [2.05, 4.69) is 10.4 Å². The van der Waals surface area contributed by atoms with E-state index in [1.54, 1.807) is 30.2 Å². The third-order valence-corrected chi connectivity index (χ3v) is 2.29. The van der Waals surface area contributed by atoms with Crippen LogP contribution < -0.4 is 10.1 Å². The number of hydrogen-bond donors (Lipinski definition) is 1. The zero-order valence-corrected chi connectivity index (χ0v) is 9.77. The molecule has 90 valence electrons. The zero-order chi connectivity index (χ0) is 12.3. The van der Waals surface area contributed by atoms with Crippen molar-refractivity contribution < 1.29 is 9.13 Å². The monoisotopic (exact) mass is 235 g/mol. The van der Waals surface area contributed by atoms with Crippen LogP contribution in [0.15, 0.2) is 30.6 Å². The van der Waals surface area contributed by atoms with Gasteiger partial charge in [0.05, 0.1) is 12.4 Å². The van der Waals surface area contributed by atoms with Gasteiger partial charge in [0.15, 0.2) is 17.3 Å². The largest absolute Gasteiger partial charge is 0.451 e. The Kier molecular flexibility index (Phi) is 3.39. The summed E-state index contributed by atoms with van der Waals surface area (Å²) in [5.41, 5.74) is 0.878. The second kappa shape index (κ2) is 4.97. The van der Waals surface area contributed by atoms with Crippen LogP contribution in [-0.4, -0.2) is 16.8 Å². The van der Waals surface area contributed by atoms with E-state index in [0.717, 1.165) is 5.56 Å². The lowest BCUT2D eigenvalue weighted by Crippen LogP contribution is -2.05. The first-order valence-corrected chi connectivity index (χ1v) is 5.28. The second-order valence-electron chi connectivity index (χ2n) is 3.75. The minimum atomic E-state index is -0.374. The molecule has 0 unspecified atom stereocenters. The van der Waals surface area contributed by atoms with Gasteiger partial charge < -0.3 is 10.1 Å². The fourth-order valence-corrected chi connectivity index (χ4v) is 1.52. The molecule has 5 heteroatoms. The number of ether oxygens (including phenoxy) is 1. The Hall–Kier alpha value is -1.88. The Morgan fingerprint density at radius 1 is 1.47 bits per heavy atom. The number of benzene rings is 1. The highest BCUT2D eigenvalue weighted by molar-refractivity contribution is 5.32. The molecule has 1 aromatic heterocycles. The number of aryl methyl sites for hydroxylation is 1. The van der Waals surface area contributed by atoms with Crippen molar-refractivity contribution >= 4 is 0 Å². The third-order valence-electron chi connectivity index (χ3n) is 2.29. The number of hydrogen-bond acceptors (Lipinski definition) is 3. The van der Waals surface area contributed by atoms with Crippen molar-refractivity contribution in [2.45, 2.75) is 6.54 Å². The van der Waals surface area contributed by atoms with Crippen molar-refractivity contribution in [3.8, 4) is 11.5 Å². The lowest BCUT2D eigenvalue weighted by atomic mass is 10.2. The minimum absolute atomic E-state index is 0.206. The van der Waals surface area contributed by atoms with Crippen LogP contribution in [0.5, 0.6) is 11.5 Å². The van der Waals surface area contributed by atoms with Crippen molar-refractivity contribution in [2.24, 2.45) is 7.05 Å². The molecule has 0 aliphatic heterocycles. The summed E-state index contributed by atoms with van der Waals surface area (Å²) in [6.07, 6.45) is 3.22. The van der Waals surface area contributed by atoms with Crippen molar-refractivity contribution in [3.63, 3.8) is 0 Å². The fourth-order valence-electron chi connectivity index (χ4n) is 1.52. The highest BCUT2D eigenvalue weighted by Gasteiger charge is 2.06. The van der Waals surface area contributed by atoms with Crippen LogP contribution in [0.25, 0.3) is 0 Å². The first-order valence-electron chi connectivity index (χ1n) is 5.28. The van der Waals surface area contributed by atoms with Crippen LogP contribution in [0.1, 0.15) is 5.56 Å². The summed E-state index contributed by atoms with van der Waals surface area (Å²) >= 11 is 0. The molecule has 1 aromatic carbocycles. The smallest absolute Gasteiger partial charge is 0.166 e. The van der Waals surface area contributed by atoms with Gasteiger partial charge in [-0.25, -0.2) is 4.39 Å². The van der Waals surface area contributed by atoms with Gasteiger partial charge in [-0.15, -0.1) is 0 Å². The van der Waals surface area contributed by atoms with E-state index in [1.165, 1.54) is 6.07 Å². The number of rotatable bonds is 4. The number of aromatic nitrogens is 2. The van der Waals surface area contributed by atoms with Crippen LogP contribution in [0.4, 0.5) is 4.39 Å². The maximum atomic E-state index is 13.7. The molecule has 0 atom stereocenters. The molecule has 0 bridgehead atoms. The normalized spacial score (nSPS) is 10.5. The Morgan fingerprint density at radius 2 is 2.29 bits per heavy atom. The van der Waals surface area contributed by atoms with Gasteiger partial charge in [0, 0.05) is 13.6 Å². The molecule has 1 N–H and O–H groups in total. The van der Waals surface area contributed by atoms with E-state index < -0.39 is 0 Å². The highest BCUT2D eigenvalue weighted by atomic mass is 19.1. The van der Waals surface area contributed by atoms with E-state index in [4.69, 9.17) is 4.74 Å². The van der Waals surface area contributed by atoms with E-state index in [1.807, 2.05) is 13.1 Å². The third kappa shape index (κ3) is 2.82. The van der Waals surface area contributed by atoms with Crippen LogP contribution in [0.2, 0.25) is 0 Å². The first kappa shape index (κ1) is 11.6. The van der Waals surface area contributed by atoms with Gasteiger partial charge >= 0.3 is 0 Å². The van der Waals surface area contributed by atoms with Gasteiger partial charge in [0.1, 0.15) is 0 Å². The SMILES string of the molecule is CNCc1ccc(Oc2cnn(C)c2)c(F)c1. The van der Waals surface area contributed by atoms with E-state index in [0.29, 0.717) is 12.3 Å². The molecule has 0 aliphatic rings. The Labute approximate surface area is 99.0 Å². The summed E-state index contributed by atoms with van der Waals surface area (Å²) in [5, 5.41) is 6.91. The quantitative estimate of drug-likeness (QED) is 0.881. The van der Waals surface area contributed by atoms with E-state index in [9.17, 15) is 4.39 Å². The molecular weight excluding hydrogens is 221 g/mol. The van der Waals surface area contributed by atoms with Gasteiger partial charge in [-0.05, 0) is 24.7 Å². The molecule has 0 spiro atoms. The molecule has 0 radical (unpaired) electrons. The minimum Gasteiger partial charge on any atom is -0.451 e. The molecule has 1 heterocycles. The van der Waals surface area contributed by atoms with Gasteiger partial charge in [0.25, 0.3) is 0 Å². The van der Waals surface area contributed by atoms with Crippen LogP contribution in [0, 0.1) is 5.82 Å². The maximum Gasteiger partial charge on any atom is 0.166 e. The van der Waals surface area contributed by atoms with Crippen molar-refractivity contribution in [1.29, 1.82) is 0 Å². The van der Waals surface area contributed by atoms with Crippen LogP contribution in [0.3, 0.4) is 0 Å². The van der Waals surface area contributed by atoms with Crippen LogP contribution >= 0.6 is 0 Å². The number of nitrogens with zero attached hydrogens (tertiary/aromatic N) is 2. The summed E-state index contributed by atoms with van der Waals surface area (Å²) < 4.78 is 20.7. The molecule has 2 aromatic rings. The van der Waals surface area contributed by atoms with Gasteiger partial charge in [-0.3, -0.25) is 4.68 Å². The summed E-state index contributed by atoms with van der Waals surface area (Å²) in [6.45, 7) is 0.629. The molecular formula is C12H14FN3O. The Bertz CT molecular complexity index is 510. The molecule has 0 fully saturated rings. The maximum absolute atomic E-state index is 13.7. The summed E-state index contributed by atoms with van der Waals surface area (Å²) in [7, 11) is 3.59. The predicted octanol–water partition coefficient (Wildman–Crippen LogP) is 2.07. The molecule has 0 amide bonds. The average molecular weight is 235 g/mol. The van der Waals surface area contributed by atoms with Crippen molar-refractivity contribution in [1.82, 2.24) is 15.1 Å². The van der Waals surface area contributed by atoms with E-state index >= 15 is 0 Å². The standard InChI is InChI=1S/C12H14FN3O/c1-14-6-9-3-4-12(11(13)5-9)17-10-7-15-16(2)8-10/h3-5,7-8,14H,6H2,1-2H3. The second-order valence-corrected chi connectivity index (χ2v) is 3.75. The topological polar surface area (TPSA) is 39.1 Å². The molecule has 17 heavy (non-hydrogen) atoms. The summed E-state index contributed by atoms with van der Waals surface area (Å²) in [6, 6.07) is 4.91. The van der Waals surface area contributed by atoms with Crippen LogP contribution in [-0.2, 0) is 13.6 Å². The summed E-state index contributed by atoms with van der Waals surface area (Å²) in [5.74, 6) is 0.354. The average Bonchev–Trinajstić information content (AvgIpc) is 2.69. The molecule has 2 rings (SSSR count). The molecule has 0 saturated heterocycles. The number of halogens is 1. The number of nitrogens with one attached hydrogen (secondary N) is 1.